The summed E-state index contributed by atoms with van der Waals surface area (Å²) < 4.78 is 0.796. The van der Waals surface area contributed by atoms with Crippen LogP contribution in [0, 0.1) is 0 Å². The summed E-state index contributed by atoms with van der Waals surface area (Å²) in [4.78, 5) is 19.0. The number of piperidine rings is 1. The first-order chi connectivity index (χ1) is 9.60. The molecular formula is C14H18BrN3O2. The zero-order valence-corrected chi connectivity index (χ0v) is 12.9. The van der Waals surface area contributed by atoms with Gasteiger partial charge in [0.05, 0.1) is 11.7 Å². The minimum Gasteiger partial charge on any atom is -0.393 e. The highest BCUT2D eigenvalue weighted by Crippen LogP contribution is 2.37. The molecule has 2 aliphatic rings. The van der Waals surface area contributed by atoms with Gasteiger partial charge in [0.25, 0.3) is 5.91 Å². The lowest BCUT2D eigenvalue weighted by molar-refractivity contribution is 0.0287. The van der Waals surface area contributed by atoms with Crippen molar-refractivity contribution in [2.75, 3.05) is 12.4 Å². The van der Waals surface area contributed by atoms with Gasteiger partial charge in [-0.25, -0.2) is 4.98 Å². The Morgan fingerprint density at radius 3 is 2.70 bits per heavy atom. The second-order valence-electron chi connectivity index (χ2n) is 5.52. The second kappa shape index (κ2) is 5.33. The average molecular weight is 340 g/mol. The molecule has 2 N–H and O–H groups in total. The third-order valence-electron chi connectivity index (χ3n) is 4.26. The van der Waals surface area contributed by atoms with Crippen LogP contribution in [-0.4, -0.2) is 46.1 Å². The highest BCUT2D eigenvalue weighted by molar-refractivity contribution is 9.10. The number of hydrogen-bond donors (Lipinski definition) is 2. The number of nitrogens with one attached hydrogen (secondary N) is 1. The summed E-state index contributed by atoms with van der Waals surface area (Å²) in [5.41, 5.74) is 0.593. The van der Waals surface area contributed by atoms with Crippen molar-refractivity contribution in [2.24, 2.45) is 0 Å². The van der Waals surface area contributed by atoms with E-state index >= 15 is 0 Å². The molecule has 20 heavy (non-hydrogen) atoms. The quantitative estimate of drug-likeness (QED) is 0.865. The Kier molecular flexibility index (Phi) is 3.69. The van der Waals surface area contributed by atoms with Crippen LogP contribution in [-0.2, 0) is 0 Å². The van der Waals surface area contributed by atoms with Gasteiger partial charge >= 0.3 is 0 Å². The molecule has 2 atom stereocenters. The number of carbonyl (C=O) groups excluding carboxylic acids is 1. The lowest BCUT2D eigenvalue weighted by Crippen LogP contribution is -2.48. The van der Waals surface area contributed by atoms with E-state index in [2.05, 4.69) is 26.2 Å². The molecule has 2 fully saturated rings. The Balaban J connectivity index is 1.92. The normalized spacial score (nSPS) is 28.6. The maximum absolute atomic E-state index is 12.8. The highest BCUT2D eigenvalue weighted by atomic mass is 79.9. The molecule has 5 nitrogen and oxygen atoms in total. The third-order valence-corrected chi connectivity index (χ3v) is 4.70. The standard InChI is InChI=1S/C14H18BrN3O2/c1-16-13-12(4-8(15)7-17-13)14(20)18-9-2-3-10(18)6-11(19)5-9/h4,7,9-11,19H,2-3,5-6H2,1H3,(H,16,17). The molecule has 0 aromatic carbocycles. The Labute approximate surface area is 126 Å². The Morgan fingerprint density at radius 1 is 1.45 bits per heavy atom. The molecule has 1 aromatic rings. The van der Waals surface area contributed by atoms with Crippen molar-refractivity contribution in [3.05, 3.63) is 22.3 Å². The van der Waals surface area contributed by atoms with Crippen LogP contribution >= 0.6 is 15.9 Å². The van der Waals surface area contributed by atoms with Crippen molar-refractivity contribution < 1.29 is 9.90 Å². The number of aliphatic hydroxyl groups is 1. The number of carbonyl (C=O) groups is 1. The second-order valence-corrected chi connectivity index (χ2v) is 6.44. The molecule has 0 radical (unpaired) electrons. The third kappa shape index (κ3) is 2.31. The molecule has 108 valence electrons. The van der Waals surface area contributed by atoms with Gasteiger partial charge in [-0.15, -0.1) is 0 Å². The number of hydrogen-bond acceptors (Lipinski definition) is 4. The zero-order valence-electron chi connectivity index (χ0n) is 11.3. The summed E-state index contributed by atoms with van der Waals surface area (Å²) >= 11 is 3.37. The van der Waals surface area contributed by atoms with E-state index in [9.17, 15) is 9.90 Å². The molecule has 1 aromatic heterocycles. The molecule has 2 bridgehead atoms. The first kappa shape index (κ1) is 13.8. The van der Waals surface area contributed by atoms with Crippen LogP contribution in [0.1, 0.15) is 36.0 Å². The van der Waals surface area contributed by atoms with Crippen LogP contribution in [0.2, 0.25) is 0 Å². The van der Waals surface area contributed by atoms with Crippen LogP contribution in [0.15, 0.2) is 16.7 Å². The van der Waals surface area contributed by atoms with Gasteiger partial charge < -0.3 is 15.3 Å². The predicted molar refractivity (Wildman–Crippen MR) is 79.7 cm³/mol. The Bertz CT molecular complexity index is 523. The highest BCUT2D eigenvalue weighted by Gasteiger charge is 2.43. The van der Waals surface area contributed by atoms with E-state index in [4.69, 9.17) is 0 Å². The number of anilines is 1. The van der Waals surface area contributed by atoms with Gasteiger partial charge in [-0.3, -0.25) is 4.79 Å². The summed E-state index contributed by atoms with van der Waals surface area (Å²) in [6, 6.07) is 2.14. The average Bonchev–Trinajstić information content (AvgIpc) is 2.70. The molecule has 3 heterocycles. The molecule has 2 saturated heterocycles. The number of fused-ring (bicyclic) bond motifs is 2. The van der Waals surface area contributed by atoms with Crippen molar-refractivity contribution in [3.8, 4) is 0 Å². The van der Waals surface area contributed by atoms with E-state index in [1.165, 1.54) is 0 Å². The minimum atomic E-state index is -0.263. The summed E-state index contributed by atoms with van der Waals surface area (Å²) in [5.74, 6) is 0.617. The monoisotopic (exact) mass is 339 g/mol. The van der Waals surface area contributed by atoms with E-state index in [1.54, 1.807) is 13.2 Å². The summed E-state index contributed by atoms with van der Waals surface area (Å²) in [6.45, 7) is 0. The molecule has 0 spiro atoms. The molecule has 1 amide bonds. The van der Waals surface area contributed by atoms with Gasteiger partial charge in [0, 0.05) is 29.8 Å². The van der Waals surface area contributed by atoms with Crippen LogP contribution in [0.5, 0.6) is 0 Å². The zero-order chi connectivity index (χ0) is 14.3. The molecule has 2 unspecified atom stereocenters. The molecule has 6 heteroatoms. The molecular weight excluding hydrogens is 322 g/mol. The smallest absolute Gasteiger partial charge is 0.258 e. The lowest BCUT2D eigenvalue weighted by atomic mass is 9.99. The first-order valence-corrected chi connectivity index (χ1v) is 7.73. The fourth-order valence-corrected chi connectivity index (χ4v) is 3.75. The number of halogens is 1. The van der Waals surface area contributed by atoms with Gasteiger partial charge in [0.2, 0.25) is 0 Å². The summed E-state index contributed by atoms with van der Waals surface area (Å²) in [6.07, 6.45) is 4.78. The molecule has 0 aliphatic carbocycles. The van der Waals surface area contributed by atoms with Gasteiger partial charge in [-0.1, -0.05) is 0 Å². The van der Waals surface area contributed by atoms with Crippen LogP contribution in [0.25, 0.3) is 0 Å². The fraction of sp³-hybridized carbons (Fsp3) is 0.571. The summed E-state index contributed by atoms with van der Waals surface area (Å²) in [5, 5.41) is 12.8. The number of nitrogens with zero attached hydrogens (tertiary/aromatic N) is 2. The maximum Gasteiger partial charge on any atom is 0.258 e. The van der Waals surface area contributed by atoms with E-state index in [0.717, 1.165) is 17.3 Å². The van der Waals surface area contributed by atoms with E-state index in [-0.39, 0.29) is 24.1 Å². The van der Waals surface area contributed by atoms with Crippen molar-refractivity contribution in [1.82, 2.24) is 9.88 Å². The number of aromatic nitrogens is 1. The van der Waals surface area contributed by atoms with Crippen molar-refractivity contribution in [1.29, 1.82) is 0 Å². The van der Waals surface area contributed by atoms with Crippen LogP contribution in [0.4, 0.5) is 5.82 Å². The topological polar surface area (TPSA) is 65.5 Å². The Hall–Kier alpha value is -1.14. The van der Waals surface area contributed by atoms with E-state index in [1.807, 2.05) is 11.0 Å². The van der Waals surface area contributed by atoms with E-state index < -0.39 is 0 Å². The van der Waals surface area contributed by atoms with E-state index in [0.29, 0.717) is 24.2 Å². The first-order valence-electron chi connectivity index (χ1n) is 6.94. The minimum absolute atomic E-state index is 0.0163. The van der Waals surface area contributed by atoms with Gasteiger partial charge in [-0.05, 0) is 47.7 Å². The lowest BCUT2D eigenvalue weighted by Gasteiger charge is -2.37. The van der Waals surface area contributed by atoms with Crippen molar-refractivity contribution in [2.45, 2.75) is 43.9 Å². The van der Waals surface area contributed by atoms with Gasteiger partial charge in [-0.2, -0.15) is 0 Å². The van der Waals surface area contributed by atoms with Gasteiger partial charge in [0.15, 0.2) is 0 Å². The molecule has 3 rings (SSSR count). The maximum atomic E-state index is 12.8. The fourth-order valence-electron chi connectivity index (χ4n) is 3.42. The number of rotatable bonds is 2. The van der Waals surface area contributed by atoms with Crippen molar-refractivity contribution in [3.63, 3.8) is 0 Å². The molecule has 0 saturated carbocycles. The largest absolute Gasteiger partial charge is 0.393 e. The van der Waals surface area contributed by atoms with Crippen LogP contribution < -0.4 is 5.32 Å². The van der Waals surface area contributed by atoms with Crippen LogP contribution in [0.3, 0.4) is 0 Å². The predicted octanol–water partition coefficient (Wildman–Crippen LogP) is 2.01. The number of amides is 1. The number of aliphatic hydroxyl groups excluding tert-OH is 1. The summed E-state index contributed by atoms with van der Waals surface area (Å²) in [7, 11) is 1.77. The van der Waals surface area contributed by atoms with Crippen molar-refractivity contribution >= 4 is 27.7 Å². The van der Waals surface area contributed by atoms with Gasteiger partial charge in [0.1, 0.15) is 5.82 Å². The number of pyridine rings is 1. The Morgan fingerprint density at radius 2 is 2.10 bits per heavy atom. The SMILES string of the molecule is CNc1ncc(Br)cc1C(=O)N1C2CCC1CC(O)C2. The molecule has 2 aliphatic heterocycles.